The highest BCUT2D eigenvalue weighted by Gasteiger charge is 2.06. The number of anilines is 1. The van der Waals surface area contributed by atoms with E-state index < -0.39 is 0 Å². The lowest BCUT2D eigenvalue weighted by molar-refractivity contribution is 0.858. The monoisotopic (exact) mass is 334 g/mol. The van der Waals surface area contributed by atoms with Gasteiger partial charge in [0.2, 0.25) is 0 Å². The van der Waals surface area contributed by atoms with E-state index in [4.69, 9.17) is 5.73 Å². The van der Waals surface area contributed by atoms with Crippen molar-refractivity contribution in [3.8, 4) is 5.69 Å². The average molecular weight is 334 g/mol. The molecule has 25 heavy (non-hydrogen) atoms. The second kappa shape index (κ2) is 7.61. The zero-order chi connectivity index (χ0) is 17.6. The third kappa shape index (κ3) is 4.23. The zero-order valence-corrected chi connectivity index (χ0v) is 14.4. The first kappa shape index (κ1) is 16.7. The molecule has 0 aliphatic carbocycles. The van der Waals surface area contributed by atoms with Crippen molar-refractivity contribution < 1.29 is 0 Å². The van der Waals surface area contributed by atoms with Crippen molar-refractivity contribution in [1.29, 1.82) is 0 Å². The lowest BCUT2D eigenvalue weighted by Crippen LogP contribution is -2.23. The molecule has 0 bridgehead atoms. The fraction of sp³-hybridized carbons (Fsp3) is 0.211. The van der Waals surface area contributed by atoms with Crippen molar-refractivity contribution in [3.05, 3.63) is 72.3 Å². The highest BCUT2D eigenvalue weighted by molar-refractivity contribution is 5.92. The summed E-state index contributed by atoms with van der Waals surface area (Å²) >= 11 is 0. The van der Waals surface area contributed by atoms with E-state index in [9.17, 15) is 0 Å². The van der Waals surface area contributed by atoms with Gasteiger partial charge >= 0.3 is 0 Å². The topological polar surface area (TPSA) is 81.1 Å². The number of nitrogens with one attached hydrogen (secondary N) is 1. The van der Waals surface area contributed by atoms with Crippen LogP contribution in [0.3, 0.4) is 0 Å². The van der Waals surface area contributed by atoms with Crippen LogP contribution in [0.1, 0.15) is 31.2 Å². The van der Waals surface area contributed by atoms with Crippen molar-refractivity contribution in [2.45, 2.75) is 26.3 Å². The molecule has 0 radical (unpaired) electrons. The van der Waals surface area contributed by atoms with Gasteiger partial charge in [0.05, 0.1) is 0 Å². The van der Waals surface area contributed by atoms with Gasteiger partial charge in [0.1, 0.15) is 12.9 Å². The molecule has 6 heteroatoms. The first-order valence-electron chi connectivity index (χ1n) is 8.24. The maximum atomic E-state index is 6.02. The Kier molecular flexibility index (Phi) is 5.09. The minimum absolute atomic E-state index is 0.345. The van der Waals surface area contributed by atoms with Crippen molar-refractivity contribution >= 4 is 11.6 Å². The molecule has 0 atom stereocenters. The predicted octanol–water partition coefficient (Wildman–Crippen LogP) is 3.32. The number of guanidine groups is 1. The molecule has 1 aromatic heterocycles. The van der Waals surface area contributed by atoms with E-state index in [1.54, 1.807) is 6.33 Å². The summed E-state index contributed by atoms with van der Waals surface area (Å²) < 4.78 is 1.90. The molecular weight excluding hydrogens is 312 g/mol. The summed E-state index contributed by atoms with van der Waals surface area (Å²) in [7, 11) is 0. The van der Waals surface area contributed by atoms with Gasteiger partial charge in [0.25, 0.3) is 0 Å². The largest absolute Gasteiger partial charge is 0.370 e. The molecule has 1 heterocycles. The summed E-state index contributed by atoms with van der Waals surface area (Å²) in [5, 5.41) is 11.2. The SMILES string of the molecule is CC(C)c1cccc(NC(N)=NCc2nncn2-c2ccccc2)c1. The Labute approximate surface area is 147 Å². The molecule has 6 nitrogen and oxygen atoms in total. The van der Waals surface area contributed by atoms with Crippen LogP contribution < -0.4 is 11.1 Å². The minimum Gasteiger partial charge on any atom is -0.370 e. The van der Waals surface area contributed by atoms with Gasteiger partial charge in [0, 0.05) is 11.4 Å². The molecule has 128 valence electrons. The van der Waals surface area contributed by atoms with Crippen LogP contribution in [0.4, 0.5) is 5.69 Å². The van der Waals surface area contributed by atoms with E-state index in [1.807, 2.05) is 47.0 Å². The lowest BCUT2D eigenvalue weighted by Gasteiger charge is -2.10. The van der Waals surface area contributed by atoms with Crippen LogP contribution in [0.25, 0.3) is 5.69 Å². The maximum absolute atomic E-state index is 6.02. The van der Waals surface area contributed by atoms with Crippen LogP contribution in [0, 0.1) is 0 Å². The summed E-state index contributed by atoms with van der Waals surface area (Å²) in [5.41, 5.74) is 9.19. The molecule has 0 aliphatic rings. The molecule has 0 saturated heterocycles. The van der Waals surface area contributed by atoms with Gasteiger partial charge in [-0.05, 0) is 35.7 Å². The molecule has 0 aliphatic heterocycles. The van der Waals surface area contributed by atoms with Crippen molar-refractivity contribution in [1.82, 2.24) is 14.8 Å². The van der Waals surface area contributed by atoms with E-state index in [-0.39, 0.29) is 0 Å². The van der Waals surface area contributed by atoms with E-state index in [1.165, 1.54) is 5.56 Å². The molecule has 3 rings (SSSR count). The quantitative estimate of drug-likeness (QED) is 0.554. The smallest absolute Gasteiger partial charge is 0.193 e. The average Bonchev–Trinajstić information content (AvgIpc) is 3.09. The fourth-order valence-corrected chi connectivity index (χ4v) is 2.49. The normalized spacial score (nSPS) is 11.7. The third-order valence-corrected chi connectivity index (χ3v) is 3.87. The van der Waals surface area contributed by atoms with Gasteiger partial charge in [0.15, 0.2) is 11.8 Å². The van der Waals surface area contributed by atoms with Gasteiger partial charge in [-0.1, -0.05) is 44.2 Å². The second-order valence-electron chi connectivity index (χ2n) is 6.06. The first-order chi connectivity index (χ1) is 12.1. The zero-order valence-electron chi connectivity index (χ0n) is 14.4. The number of para-hydroxylation sites is 1. The van der Waals surface area contributed by atoms with Gasteiger partial charge in [-0.25, -0.2) is 4.99 Å². The molecule has 0 unspecified atom stereocenters. The van der Waals surface area contributed by atoms with Crippen LogP contribution in [0.5, 0.6) is 0 Å². The summed E-state index contributed by atoms with van der Waals surface area (Å²) in [5.74, 6) is 1.54. The molecule has 3 N–H and O–H groups in total. The number of aliphatic imine (C=N–C) groups is 1. The Balaban J connectivity index is 1.71. The van der Waals surface area contributed by atoms with Gasteiger partial charge < -0.3 is 11.1 Å². The Morgan fingerprint density at radius 3 is 2.72 bits per heavy atom. The molecule has 0 fully saturated rings. The Hall–Kier alpha value is -3.15. The van der Waals surface area contributed by atoms with Crippen LogP contribution in [0.2, 0.25) is 0 Å². The number of aromatic nitrogens is 3. The Bertz CT molecular complexity index is 851. The van der Waals surface area contributed by atoms with Crippen LogP contribution in [0.15, 0.2) is 65.9 Å². The molecule has 2 aromatic carbocycles. The molecule has 3 aromatic rings. The fourth-order valence-electron chi connectivity index (χ4n) is 2.49. The summed E-state index contributed by atoms with van der Waals surface area (Å²) in [6.45, 7) is 4.66. The van der Waals surface area contributed by atoms with Gasteiger partial charge in [-0.3, -0.25) is 4.57 Å². The molecular formula is C19H22N6. The van der Waals surface area contributed by atoms with Crippen molar-refractivity contribution in [3.63, 3.8) is 0 Å². The number of nitrogens with zero attached hydrogens (tertiary/aromatic N) is 4. The standard InChI is InChI=1S/C19H22N6/c1-14(2)15-7-6-8-16(11-15)23-19(20)21-12-18-24-22-13-25(18)17-9-4-3-5-10-17/h3-11,13-14H,12H2,1-2H3,(H3,20,21,23). The minimum atomic E-state index is 0.345. The van der Waals surface area contributed by atoms with E-state index in [0.717, 1.165) is 17.2 Å². The Morgan fingerprint density at radius 1 is 1.16 bits per heavy atom. The highest BCUT2D eigenvalue weighted by atomic mass is 15.3. The van der Waals surface area contributed by atoms with Gasteiger partial charge in [-0.2, -0.15) is 0 Å². The highest BCUT2D eigenvalue weighted by Crippen LogP contribution is 2.18. The summed E-state index contributed by atoms with van der Waals surface area (Å²) in [4.78, 5) is 4.38. The van der Waals surface area contributed by atoms with Crippen molar-refractivity contribution in [2.75, 3.05) is 5.32 Å². The lowest BCUT2D eigenvalue weighted by atomic mass is 10.0. The predicted molar refractivity (Wildman–Crippen MR) is 101 cm³/mol. The van der Waals surface area contributed by atoms with E-state index >= 15 is 0 Å². The van der Waals surface area contributed by atoms with E-state index in [2.05, 4.69) is 46.5 Å². The number of hydrogen-bond donors (Lipinski definition) is 2. The Morgan fingerprint density at radius 2 is 1.96 bits per heavy atom. The van der Waals surface area contributed by atoms with Crippen LogP contribution in [-0.2, 0) is 6.54 Å². The number of benzene rings is 2. The van der Waals surface area contributed by atoms with Crippen LogP contribution >= 0.6 is 0 Å². The molecule has 0 amide bonds. The first-order valence-corrected chi connectivity index (χ1v) is 8.24. The van der Waals surface area contributed by atoms with Crippen LogP contribution in [-0.4, -0.2) is 20.7 Å². The van der Waals surface area contributed by atoms with Gasteiger partial charge in [-0.15, -0.1) is 10.2 Å². The third-order valence-electron chi connectivity index (χ3n) is 3.87. The number of rotatable bonds is 5. The molecule has 0 spiro atoms. The molecule has 0 saturated carbocycles. The summed E-state index contributed by atoms with van der Waals surface area (Å²) in [6.07, 6.45) is 1.68. The van der Waals surface area contributed by atoms with Crippen molar-refractivity contribution in [2.24, 2.45) is 10.7 Å². The van der Waals surface area contributed by atoms with E-state index in [0.29, 0.717) is 18.4 Å². The maximum Gasteiger partial charge on any atom is 0.193 e. The second-order valence-corrected chi connectivity index (χ2v) is 6.06. The number of nitrogens with two attached hydrogens (primary N) is 1. The number of hydrogen-bond acceptors (Lipinski definition) is 3. The summed E-state index contributed by atoms with van der Waals surface area (Å²) in [6, 6.07) is 18.1.